The van der Waals surface area contributed by atoms with Crippen molar-refractivity contribution in [2.75, 3.05) is 30.9 Å². The van der Waals surface area contributed by atoms with Gasteiger partial charge in [0.2, 0.25) is 0 Å². The van der Waals surface area contributed by atoms with Crippen LogP contribution in [0, 0.1) is 18.3 Å². The maximum absolute atomic E-state index is 8.65. The molecule has 1 N–H and O–H groups in total. The molecular weight excluding hydrogens is 226 g/mol. The summed E-state index contributed by atoms with van der Waals surface area (Å²) in [5, 5.41) is 11.8. The van der Waals surface area contributed by atoms with Crippen LogP contribution in [-0.4, -0.2) is 30.6 Å². The molecule has 0 aromatic carbocycles. The summed E-state index contributed by atoms with van der Waals surface area (Å²) in [5.41, 5.74) is 1.03. The van der Waals surface area contributed by atoms with Crippen molar-refractivity contribution < 1.29 is 0 Å². The van der Waals surface area contributed by atoms with Crippen LogP contribution in [-0.2, 0) is 6.42 Å². The average Bonchev–Trinajstić information content (AvgIpc) is 2.38. The molecule has 0 aliphatic heterocycles. The average molecular weight is 247 g/mol. The van der Waals surface area contributed by atoms with E-state index < -0.39 is 0 Å². The van der Waals surface area contributed by atoms with Crippen LogP contribution in [0.1, 0.15) is 31.2 Å². The first kappa shape index (κ1) is 14.2. The third kappa shape index (κ3) is 3.33. The number of rotatable bonds is 6. The molecule has 0 radical (unpaired) electrons. The Morgan fingerprint density at radius 1 is 1.39 bits per heavy atom. The van der Waals surface area contributed by atoms with Crippen molar-refractivity contribution in [2.45, 2.75) is 33.1 Å². The molecule has 0 fully saturated rings. The number of hydrogen-bond acceptors (Lipinski definition) is 5. The minimum atomic E-state index is 0.498. The lowest BCUT2D eigenvalue weighted by Crippen LogP contribution is -2.22. The normalized spacial score (nSPS) is 9.94. The molecule has 0 aliphatic rings. The van der Waals surface area contributed by atoms with E-state index in [-0.39, 0.29) is 0 Å². The SMILES string of the molecule is CCCc1nc(NC)c(C)c(N(C)CCC#N)n1. The fraction of sp³-hybridized carbons (Fsp3) is 0.615. The summed E-state index contributed by atoms with van der Waals surface area (Å²) in [7, 11) is 3.83. The van der Waals surface area contributed by atoms with Gasteiger partial charge < -0.3 is 10.2 Å². The minimum absolute atomic E-state index is 0.498. The molecule has 1 aromatic heterocycles. The van der Waals surface area contributed by atoms with Crippen LogP contribution in [0.2, 0.25) is 0 Å². The molecule has 98 valence electrons. The lowest BCUT2D eigenvalue weighted by atomic mass is 10.2. The highest BCUT2D eigenvalue weighted by Gasteiger charge is 2.13. The Labute approximate surface area is 109 Å². The van der Waals surface area contributed by atoms with Gasteiger partial charge in [0.15, 0.2) is 0 Å². The van der Waals surface area contributed by atoms with E-state index in [0.29, 0.717) is 13.0 Å². The topological polar surface area (TPSA) is 64.8 Å². The van der Waals surface area contributed by atoms with Crippen molar-refractivity contribution in [3.05, 3.63) is 11.4 Å². The zero-order valence-corrected chi connectivity index (χ0v) is 11.6. The van der Waals surface area contributed by atoms with E-state index in [1.807, 2.05) is 25.9 Å². The third-order valence-electron chi connectivity index (χ3n) is 2.80. The molecule has 0 bridgehead atoms. The summed E-state index contributed by atoms with van der Waals surface area (Å²) >= 11 is 0. The monoisotopic (exact) mass is 247 g/mol. The molecule has 0 unspecified atom stereocenters. The van der Waals surface area contributed by atoms with Crippen molar-refractivity contribution in [3.8, 4) is 6.07 Å². The molecule has 0 saturated heterocycles. The fourth-order valence-electron chi connectivity index (χ4n) is 1.82. The highest BCUT2D eigenvalue weighted by atomic mass is 15.2. The van der Waals surface area contributed by atoms with Gasteiger partial charge in [0.1, 0.15) is 17.5 Å². The van der Waals surface area contributed by atoms with Gasteiger partial charge in [-0.15, -0.1) is 0 Å². The molecule has 0 spiro atoms. The van der Waals surface area contributed by atoms with Gasteiger partial charge in [0.05, 0.1) is 12.5 Å². The Morgan fingerprint density at radius 2 is 2.11 bits per heavy atom. The van der Waals surface area contributed by atoms with E-state index >= 15 is 0 Å². The van der Waals surface area contributed by atoms with Gasteiger partial charge in [-0.3, -0.25) is 0 Å². The number of hydrogen-bond donors (Lipinski definition) is 1. The van der Waals surface area contributed by atoms with Crippen LogP contribution in [0.5, 0.6) is 0 Å². The summed E-state index contributed by atoms with van der Waals surface area (Å²) in [6.45, 7) is 4.80. The molecule has 5 heteroatoms. The number of nitrogens with zero attached hydrogens (tertiary/aromatic N) is 4. The first-order valence-corrected chi connectivity index (χ1v) is 6.27. The first-order valence-electron chi connectivity index (χ1n) is 6.27. The number of aromatic nitrogens is 2. The predicted molar refractivity (Wildman–Crippen MR) is 73.8 cm³/mol. The number of anilines is 2. The molecule has 0 aliphatic carbocycles. The second-order valence-electron chi connectivity index (χ2n) is 4.27. The van der Waals surface area contributed by atoms with E-state index in [1.165, 1.54) is 0 Å². The van der Waals surface area contributed by atoms with Gasteiger partial charge in [-0.1, -0.05) is 6.92 Å². The molecule has 18 heavy (non-hydrogen) atoms. The minimum Gasteiger partial charge on any atom is -0.373 e. The first-order chi connectivity index (χ1) is 8.63. The Bertz CT molecular complexity index is 436. The third-order valence-corrected chi connectivity index (χ3v) is 2.80. The second-order valence-corrected chi connectivity index (χ2v) is 4.27. The zero-order valence-electron chi connectivity index (χ0n) is 11.6. The van der Waals surface area contributed by atoms with Crippen LogP contribution in [0.3, 0.4) is 0 Å². The molecule has 0 saturated carbocycles. The van der Waals surface area contributed by atoms with E-state index in [0.717, 1.165) is 35.9 Å². The maximum Gasteiger partial charge on any atom is 0.137 e. The van der Waals surface area contributed by atoms with Crippen LogP contribution in [0.15, 0.2) is 0 Å². The Hall–Kier alpha value is -1.83. The van der Waals surface area contributed by atoms with Gasteiger partial charge in [-0.2, -0.15) is 5.26 Å². The lowest BCUT2D eigenvalue weighted by molar-refractivity contribution is 0.807. The fourth-order valence-corrected chi connectivity index (χ4v) is 1.82. The van der Waals surface area contributed by atoms with E-state index in [4.69, 9.17) is 5.26 Å². The molecule has 1 heterocycles. The quantitative estimate of drug-likeness (QED) is 0.834. The molecular formula is C13H21N5. The summed E-state index contributed by atoms with van der Waals surface area (Å²) in [4.78, 5) is 11.1. The van der Waals surface area contributed by atoms with Crippen LogP contribution in [0.4, 0.5) is 11.6 Å². The van der Waals surface area contributed by atoms with Gasteiger partial charge >= 0.3 is 0 Å². The Balaban J connectivity index is 3.08. The van der Waals surface area contributed by atoms with Gasteiger partial charge in [0.25, 0.3) is 0 Å². The van der Waals surface area contributed by atoms with Crippen molar-refractivity contribution in [2.24, 2.45) is 0 Å². The number of aryl methyl sites for hydroxylation is 1. The Morgan fingerprint density at radius 3 is 2.67 bits per heavy atom. The zero-order chi connectivity index (χ0) is 13.5. The highest BCUT2D eigenvalue weighted by Crippen LogP contribution is 2.22. The van der Waals surface area contributed by atoms with Crippen molar-refractivity contribution in [3.63, 3.8) is 0 Å². The number of nitrogens with one attached hydrogen (secondary N) is 1. The molecule has 0 amide bonds. The summed E-state index contributed by atoms with van der Waals surface area (Å²) in [5.74, 6) is 2.63. The predicted octanol–water partition coefficient (Wildman–Crippen LogP) is 2.13. The van der Waals surface area contributed by atoms with Crippen LogP contribution < -0.4 is 10.2 Å². The largest absolute Gasteiger partial charge is 0.373 e. The van der Waals surface area contributed by atoms with Crippen molar-refractivity contribution >= 4 is 11.6 Å². The van der Waals surface area contributed by atoms with Gasteiger partial charge in [-0.05, 0) is 13.3 Å². The Kier molecular flexibility index (Phi) is 5.37. The van der Waals surface area contributed by atoms with Crippen LogP contribution >= 0.6 is 0 Å². The molecule has 1 rings (SSSR count). The summed E-state index contributed by atoms with van der Waals surface area (Å²) in [6.07, 6.45) is 2.39. The summed E-state index contributed by atoms with van der Waals surface area (Å²) in [6, 6.07) is 2.16. The molecule has 5 nitrogen and oxygen atoms in total. The van der Waals surface area contributed by atoms with E-state index in [1.54, 1.807) is 0 Å². The van der Waals surface area contributed by atoms with E-state index in [9.17, 15) is 0 Å². The highest BCUT2D eigenvalue weighted by molar-refractivity contribution is 5.58. The standard InChI is InChI=1S/C13H21N5/c1-5-7-11-16-12(15-3)10(2)13(17-11)18(4)9-6-8-14/h5-7,9H2,1-4H3,(H,15,16,17). The number of nitriles is 1. The van der Waals surface area contributed by atoms with Crippen LogP contribution in [0.25, 0.3) is 0 Å². The van der Waals surface area contributed by atoms with Crippen molar-refractivity contribution in [1.82, 2.24) is 9.97 Å². The second kappa shape index (κ2) is 6.80. The van der Waals surface area contributed by atoms with E-state index in [2.05, 4.69) is 28.3 Å². The lowest BCUT2D eigenvalue weighted by Gasteiger charge is -2.21. The maximum atomic E-state index is 8.65. The van der Waals surface area contributed by atoms with Gasteiger partial charge in [0, 0.05) is 32.6 Å². The summed E-state index contributed by atoms with van der Waals surface area (Å²) < 4.78 is 0. The smallest absolute Gasteiger partial charge is 0.137 e. The molecule has 0 atom stereocenters. The molecule has 1 aromatic rings. The van der Waals surface area contributed by atoms with Crippen molar-refractivity contribution in [1.29, 1.82) is 5.26 Å². The van der Waals surface area contributed by atoms with Gasteiger partial charge in [-0.25, -0.2) is 9.97 Å².